The summed E-state index contributed by atoms with van der Waals surface area (Å²) in [5, 5.41) is 13.2. The summed E-state index contributed by atoms with van der Waals surface area (Å²) in [7, 11) is 1.52. The van der Waals surface area contributed by atoms with Gasteiger partial charge in [-0.25, -0.2) is 4.99 Å². The Morgan fingerprint density at radius 1 is 1.30 bits per heavy atom. The molecule has 0 saturated carbocycles. The number of benzene rings is 1. The van der Waals surface area contributed by atoms with Gasteiger partial charge in [-0.2, -0.15) is 0 Å². The molecule has 1 aromatic carbocycles. The number of phenols is 1. The van der Waals surface area contributed by atoms with E-state index in [9.17, 15) is 5.11 Å². The fourth-order valence-electron chi connectivity index (χ4n) is 2.23. The van der Waals surface area contributed by atoms with Crippen molar-refractivity contribution < 1.29 is 9.84 Å². The zero-order valence-corrected chi connectivity index (χ0v) is 16.8. The van der Waals surface area contributed by atoms with E-state index in [1.165, 1.54) is 20.0 Å². The van der Waals surface area contributed by atoms with Crippen molar-refractivity contribution in [1.82, 2.24) is 5.32 Å². The van der Waals surface area contributed by atoms with Crippen molar-refractivity contribution in [2.45, 2.75) is 52.6 Å². The molecule has 0 fully saturated rings. The Bertz CT molecular complexity index is 493. The van der Waals surface area contributed by atoms with E-state index in [-0.39, 0.29) is 29.7 Å². The Morgan fingerprint density at radius 2 is 2.00 bits per heavy atom. The average Bonchev–Trinajstić information content (AvgIpc) is 2.45. The van der Waals surface area contributed by atoms with Crippen LogP contribution in [0.1, 0.15) is 45.6 Å². The molecule has 0 amide bonds. The van der Waals surface area contributed by atoms with Crippen LogP contribution in [0.3, 0.4) is 0 Å². The van der Waals surface area contributed by atoms with E-state index in [1.807, 2.05) is 6.07 Å². The summed E-state index contributed by atoms with van der Waals surface area (Å²) in [5.74, 6) is 1.70. The molecule has 0 aromatic heterocycles. The molecule has 0 aliphatic rings. The number of hydrogen-bond acceptors (Lipinski definition) is 3. The maximum Gasteiger partial charge on any atom is 0.189 e. The third-order valence-electron chi connectivity index (χ3n) is 3.54. The standard InChI is InChI=1S/C17H29N3O2.HI/c1-12(2)7-5-8-13(3)20-17(18)19-11-14-9-6-10-15(22-4)16(14)21;/h6,9-10,12-13,21H,5,7-8,11H2,1-4H3,(H3,18,19,20);1H. The van der Waals surface area contributed by atoms with Crippen LogP contribution < -0.4 is 15.8 Å². The number of hydrogen-bond donors (Lipinski definition) is 3. The van der Waals surface area contributed by atoms with Crippen molar-refractivity contribution in [3.63, 3.8) is 0 Å². The number of para-hydroxylation sites is 1. The molecule has 0 saturated heterocycles. The molecule has 1 aromatic rings. The quantitative estimate of drug-likeness (QED) is 0.331. The predicted octanol–water partition coefficient (Wildman–Crippen LogP) is 3.64. The van der Waals surface area contributed by atoms with Gasteiger partial charge in [-0.15, -0.1) is 24.0 Å². The number of ether oxygens (including phenoxy) is 1. The maximum atomic E-state index is 10.00. The SMILES string of the molecule is COc1cccc(CN=C(N)NC(C)CCCC(C)C)c1O.I. The van der Waals surface area contributed by atoms with Gasteiger partial charge in [0.1, 0.15) is 0 Å². The first-order valence-electron chi connectivity index (χ1n) is 7.85. The Kier molecular flexibility index (Phi) is 10.8. The summed E-state index contributed by atoms with van der Waals surface area (Å²) in [6, 6.07) is 5.63. The van der Waals surface area contributed by atoms with E-state index in [0.29, 0.717) is 29.9 Å². The van der Waals surface area contributed by atoms with E-state index in [2.05, 4.69) is 31.1 Å². The van der Waals surface area contributed by atoms with Crippen molar-refractivity contribution in [3.8, 4) is 11.5 Å². The second-order valence-electron chi connectivity index (χ2n) is 6.04. The van der Waals surface area contributed by atoms with E-state index >= 15 is 0 Å². The molecule has 0 bridgehead atoms. The van der Waals surface area contributed by atoms with Gasteiger partial charge in [-0.05, 0) is 25.3 Å². The third-order valence-corrected chi connectivity index (χ3v) is 3.54. The van der Waals surface area contributed by atoms with Crippen LogP contribution in [-0.2, 0) is 6.54 Å². The van der Waals surface area contributed by atoms with Gasteiger partial charge in [0.05, 0.1) is 13.7 Å². The number of methoxy groups -OCH3 is 1. The summed E-state index contributed by atoms with van der Waals surface area (Å²) in [6.45, 7) is 6.88. The van der Waals surface area contributed by atoms with Gasteiger partial charge >= 0.3 is 0 Å². The zero-order chi connectivity index (χ0) is 16.5. The van der Waals surface area contributed by atoms with Gasteiger partial charge in [0, 0.05) is 11.6 Å². The summed E-state index contributed by atoms with van der Waals surface area (Å²) in [4.78, 5) is 4.28. The number of halogens is 1. The fraction of sp³-hybridized carbons (Fsp3) is 0.588. The van der Waals surface area contributed by atoms with Gasteiger partial charge in [0.2, 0.25) is 0 Å². The summed E-state index contributed by atoms with van der Waals surface area (Å²) < 4.78 is 5.08. The van der Waals surface area contributed by atoms with Crippen LogP contribution in [0.2, 0.25) is 0 Å². The summed E-state index contributed by atoms with van der Waals surface area (Å²) in [5.41, 5.74) is 6.59. The van der Waals surface area contributed by atoms with Crippen LogP contribution in [0.25, 0.3) is 0 Å². The summed E-state index contributed by atoms with van der Waals surface area (Å²) >= 11 is 0. The van der Waals surface area contributed by atoms with Crippen molar-refractivity contribution >= 4 is 29.9 Å². The van der Waals surface area contributed by atoms with Crippen LogP contribution in [-0.4, -0.2) is 24.2 Å². The molecular formula is C17H30IN3O2. The van der Waals surface area contributed by atoms with Crippen LogP contribution in [0.15, 0.2) is 23.2 Å². The second-order valence-corrected chi connectivity index (χ2v) is 6.04. The molecule has 0 radical (unpaired) electrons. The number of guanidine groups is 1. The number of nitrogens with two attached hydrogens (primary N) is 1. The number of phenolic OH excluding ortho intramolecular Hbond substituents is 1. The van der Waals surface area contributed by atoms with Crippen molar-refractivity contribution in [2.75, 3.05) is 7.11 Å². The van der Waals surface area contributed by atoms with E-state index in [4.69, 9.17) is 10.5 Å². The second kappa shape index (κ2) is 11.4. The highest BCUT2D eigenvalue weighted by atomic mass is 127. The van der Waals surface area contributed by atoms with Gasteiger partial charge in [0.25, 0.3) is 0 Å². The highest BCUT2D eigenvalue weighted by molar-refractivity contribution is 14.0. The fourth-order valence-corrected chi connectivity index (χ4v) is 2.23. The van der Waals surface area contributed by atoms with Crippen molar-refractivity contribution in [3.05, 3.63) is 23.8 Å². The molecule has 0 heterocycles. The number of aliphatic imine (C=N–C) groups is 1. The van der Waals surface area contributed by atoms with E-state index in [1.54, 1.807) is 12.1 Å². The van der Waals surface area contributed by atoms with Crippen LogP contribution in [0.4, 0.5) is 0 Å². The van der Waals surface area contributed by atoms with Crippen molar-refractivity contribution in [2.24, 2.45) is 16.6 Å². The number of rotatable bonds is 8. The Hall–Kier alpha value is -1.18. The largest absolute Gasteiger partial charge is 0.504 e. The van der Waals surface area contributed by atoms with Gasteiger partial charge in [-0.1, -0.05) is 38.8 Å². The lowest BCUT2D eigenvalue weighted by molar-refractivity contribution is 0.370. The first-order valence-corrected chi connectivity index (χ1v) is 7.85. The molecule has 0 spiro atoms. The Labute approximate surface area is 156 Å². The van der Waals surface area contributed by atoms with Crippen LogP contribution in [0.5, 0.6) is 11.5 Å². The zero-order valence-electron chi connectivity index (χ0n) is 14.5. The first-order chi connectivity index (χ1) is 10.4. The predicted molar refractivity (Wildman–Crippen MR) is 107 cm³/mol. The highest BCUT2D eigenvalue weighted by Crippen LogP contribution is 2.29. The van der Waals surface area contributed by atoms with E-state index < -0.39 is 0 Å². The number of nitrogens with zero attached hydrogens (tertiary/aromatic N) is 1. The van der Waals surface area contributed by atoms with Gasteiger partial charge < -0.3 is 20.9 Å². The Morgan fingerprint density at radius 3 is 2.61 bits per heavy atom. The van der Waals surface area contributed by atoms with Gasteiger partial charge in [-0.3, -0.25) is 0 Å². The molecule has 4 N–H and O–H groups in total. The molecule has 132 valence electrons. The minimum Gasteiger partial charge on any atom is -0.504 e. The molecule has 1 rings (SSSR count). The van der Waals surface area contributed by atoms with Crippen LogP contribution >= 0.6 is 24.0 Å². The molecular weight excluding hydrogens is 405 g/mol. The molecule has 6 heteroatoms. The lowest BCUT2D eigenvalue weighted by Crippen LogP contribution is -2.38. The lowest BCUT2D eigenvalue weighted by Gasteiger charge is -2.15. The van der Waals surface area contributed by atoms with E-state index in [0.717, 1.165) is 12.3 Å². The van der Waals surface area contributed by atoms with Gasteiger partial charge in [0.15, 0.2) is 17.5 Å². The minimum absolute atomic E-state index is 0. The third kappa shape index (κ3) is 8.29. The molecule has 5 nitrogen and oxygen atoms in total. The highest BCUT2D eigenvalue weighted by Gasteiger charge is 2.07. The molecule has 1 atom stereocenters. The lowest BCUT2D eigenvalue weighted by atomic mass is 10.0. The smallest absolute Gasteiger partial charge is 0.189 e. The molecule has 1 unspecified atom stereocenters. The Balaban J connectivity index is 0.00000484. The molecule has 0 aliphatic carbocycles. The number of aromatic hydroxyl groups is 1. The monoisotopic (exact) mass is 435 g/mol. The van der Waals surface area contributed by atoms with Crippen LogP contribution in [0, 0.1) is 5.92 Å². The topological polar surface area (TPSA) is 79.9 Å². The summed E-state index contributed by atoms with van der Waals surface area (Å²) in [6.07, 6.45) is 3.47. The molecule has 23 heavy (non-hydrogen) atoms. The number of nitrogens with one attached hydrogen (secondary N) is 1. The minimum atomic E-state index is 0. The average molecular weight is 435 g/mol. The first kappa shape index (κ1) is 21.8. The maximum absolute atomic E-state index is 10.00. The normalized spacial score (nSPS) is 12.7. The van der Waals surface area contributed by atoms with Crippen molar-refractivity contribution in [1.29, 1.82) is 0 Å². The molecule has 0 aliphatic heterocycles.